The topological polar surface area (TPSA) is 71.2 Å². The van der Waals surface area contributed by atoms with Crippen LogP contribution in [0.15, 0.2) is 12.3 Å². The number of hydrogen-bond acceptors (Lipinski definition) is 4. The lowest BCUT2D eigenvalue weighted by Crippen LogP contribution is -2.40. The third-order valence-corrected chi connectivity index (χ3v) is 3.05. The summed E-state index contributed by atoms with van der Waals surface area (Å²) < 4.78 is 0. The predicted molar refractivity (Wildman–Crippen MR) is 78.3 cm³/mol. The Morgan fingerprint density at radius 3 is 2.79 bits per heavy atom. The number of carbonyl (C=O) groups is 1. The van der Waals surface area contributed by atoms with Crippen molar-refractivity contribution in [2.75, 3.05) is 18.0 Å². The fourth-order valence-corrected chi connectivity index (χ4v) is 2.04. The molecule has 1 aromatic rings. The van der Waals surface area contributed by atoms with Gasteiger partial charge in [0, 0.05) is 25.3 Å². The Labute approximate surface area is 119 Å². The molecule has 5 nitrogen and oxygen atoms in total. The molecule has 0 aromatic carbocycles. The number of nitrogens with two attached hydrogens (primary N) is 1. The van der Waals surface area contributed by atoms with Crippen LogP contribution < -0.4 is 16.0 Å². The van der Waals surface area contributed by atoms with Gasteiger partial charge < -0.3 is 16.0 Å². The maximum Gasteiger partial charge on any atom is 0.239 e. The molecule has 0 aliphatic rings. The fourth-order valence-electron chi connectivity index (χ4n) is 1.73. The first kappa shape index (κ1) is 15.7. The number of likely N-dealkylation sites (N-methyl/N-ethyl adjacent to an activating group) is 1. The molecule has 106 valence electrons. The van der Waals surface area contributed by atoms with Gasteiger partial charge >= 0.3 is 0 Å². The van der Waals surface area contributed by atoms with Crippen LogP contribution in [0.25, 0.3) is 0 Å². The summed E-state index contributed by atoms with van der Waals surface area (Å²) >= 11 is 6.26. The van der Waals surface area contributed by atoms with Gasteiger partial charge in [0.15, 0.2) is 0 Å². The lowest BCUT2D eigenvalue weighted by atomic mass is 10.2. The second-order valence-electron chi connectivity index (χ2n) is 4.55. The number of nitrogens with zero attached hydrogens (tertiary/aromatic N) is 2. The number of amides is 1. The molecular weight excluding hydrogens is 264 g/mol. The van der Waals surface area contributed by atoms with E-state index in [4.69, 9.17) is 17.3 Å². The predicted octanol–water partition coefficient (Wildman–Crippen LogP) is 1.54. The van der Waals surface area contributed by atoms with E-state index in [0.717, 1.165) is 5.56 Å². The molecule has 0 saturated heterocycles. The van der Waals surface area contributed by atoms with Crippen molar-refractivity contribution in [1.82, 2.24) is 10.3 Å². The first-order valence-corrected chi connectivity index (χ1v) is 6.75. The van der Waals surface area contributed by atoms with Crippen molar-refractivity contribution in [2.45, 2.75) is 33.4 Å². The average molecular weight is 285 g/mol. The zero-order chi connectivity index (χ0) is 14.4. The van der Waals surface area contributed by atoms with E-state index in [-0.39, 0.29) is 18.5 Å². The van der Waals surface area contributed by atoms with E-state index in [1.54, 1.807) is 12.3 Å². The molecule has 3 N–H and O–H groups in total. The zero-order valence-corrected chi connectivity index (χ0v) is 12.4. The number of nitrogens with one attached hydrogen (secondary N) is 1. The normalized spacial score (nSPS) is 10.6. The molecular formula is C13H21ClN4O. The summed E-state index contributed by atoms with van der Waals surface area (Å²) in [4.78, 5) is 17.9. The largest absolute Gasteiger partial charge is 0.352 e. The number of pyridine rings is 1. The second kappa shape index (κ2) is 7.31. The van der Waals surface area contributed by atoms with Crippen molar-refractivity contribution in [3.05, 3.63) is 22.8 Å². The smallest absolute Gasteiger partial charge is 0.239 e. The summed E-state index contributed by atoms with van der Waals surface area (Å²) in [5.41, 5.74) is 6.45. The minimum absolute atomic E-state index is 0.0483. The Bertz CT molecular complexity index is 437. The Morgan fingerprint density at radius 2 is 2.26 bits per heavy atom. The summed E-state index contributed by atoms with van der Waals surface area (Å²) in [6, 6.07) is 1.90. The standard InChI is InChI=1S/C13H21ClN4O/c1-4-18(8-11(19)17-9(2)3)13-12(14)10(7-15)5-6-16-13/h5-6,9H,4,7-8,15H2,1-3H3,(H,17,19). The van der Waals surface area contributed by atoms with Crippen molar-refractivity contribution in [1.29, 1.82) is 0 Å². The third-order valence-electron chi connectivity index (χ3n) is 2.64. The first-order valence-electron chi connectivity index (χ1n) is 6.37. The van der Waals surface area contributed by atoms with Crippen LogP contribution in [0.4, 0.5) is 5.82 Å². The Morgan fingerprint density at radius 1 is 1.58 bits per heavy atom. The monoisotopic (exact) mass is 284 g/mol. The van der Waals surface area contributed by atoms with Gasteiger partial charge in [0.1, 0.15) is 5.82 Å². The Kier molecular flexibility index (Phi) is 6.05. The molecule has 1 amide bonds. The highest BCUT2D eigenvalue weighted by Gasteiger charge is 2.16. The third kappa shape index (κ3) is 4.36. The Hall–Kier alpha value is -1.33. The lowest BCUT2D eigenvalue weighted by Gasteiger charge is -2.23. The van der Waals surface area contributed by atoms with Crippen molar-refractivity contribution >= 4 is 23.3 Å². The maximum atomic E-state index is 11.8. The van der Waals surface area contributed by atoms with E-state index in [0.29, 0.717) is 23.9 Å². The number of anilines is 1. The number of hydrogen-bond donors (Lipinski definition) is 2. The van der Waals surface area contributed by atoms with E-state index in [1.165, 1.54) is 0 Å². The molecule has 0 radical (unpaired) electrons. The van der Waals surface area contributed by atoms with E-state index in [9.17, 15) is 4.79 Å². The van der Waals surface area contributed by atoms with Crippen LogP contribution in [0.2, 0.25) is 5.02 Å². The van der Waals surface area contributed by atoms with E-state index in [1.807, 2.05) is 25.7 Å². The molecule has 0 unspecified atom stereocenters. The molecule has 6 heteroatoms. The molecule has 1 rings (SSSR count). The number of aromatic nitrogens is 1. The molecule has 0 atom stereocenters. The second-order valence-corrected chi connectivity index (χ2v) is 4.93. The highest BCUT2D eigenvalue weighted by atomic mass is 35.5. The van der Waals surface area contributed by atoms with Gasteiger partial charge in [0.2, 0.25) is 5.91 Å². The van der Waals surface area contributed by atoms with E-state index < -0.39 is 0 Å². The van der Waals surface area contributed by atoms with Crippen molar-refractivity contribution < 1.29 is 4.79 Å². The fraction of sp³-hybridized carbons (Fsp3) is 0.538. The van der Waals surface area contributed by atoms with Crippen LogP contribution in [0, 0.1) is 0 Å². The van der Waals surface area contributed by atoms with Gasteiger partial charge in [0.25, 0.3) is 0 Å². The molecule has 0 bridgehead atoms. The minimum atomic E-state index is -0.0483. The highest BCUT2D eigenvalue weighted by Crippen LogP contribution is 2.26. The minimum Gasteiger partial charge on any atom is -0.352 e. The van der Waals surface area contributed by atoms with Crippen molar-refractivity contribution in [3.63, 3.8) is 0 Å². The molecule has 0 spiro atoms. The molecule has 1 aromatic heterocycles. The SMILES string of the molecule is CCN(CC(=O)NC(C)C)c1nccc(CN)c1Cl. The zero-order valence-electron chi connectivity index (χ0n) is 11.6. The summed E-state index contributed by atoms with van der Waals surface area (Å²) in [7, 11) is 0. The van der Waals surface area contributed by atoms with Crippen LogP contribution in [0.3, 0.4) is 0 Å². The van der Waals surface area contributed by atoms with Gasteiger partial charge in [-0.1, -0.05) is 11.6 Å². The number of carbonyl (C=O) groups excluding carboxylic acids is 1. The van der Waals surface area contributed by atoms with Crippen molar-refractivity contribution in [2.24, 2.45) is 5.73 Å². The quantitative estimate of drug-likeness (QED) is 0.831. The molecule has 0 saturated carbocycles. The average Bonchev–Trinajstić information content (AvgIpc) is 2.35. The van der Waals surface area contributed by atoms with Gasteiger partial charge in [-0.2, -0.15) is 0 Å². The summed E-state index contributed by atoms with van der Waals surface area (Å²) in [5.74, 6) is 0.555. The lowest BCUT2D eigenvalue weighted by molar-refractivity contribution is -0.120. The number of rotatable bonds is 6. The van der Waals surface area contributed by atoms with Gasteiger partial charge in [-0.3, -0.25) is 4.79 Å². The van der Waals surface area contributed by atoms with Gasteiger partial charge in [-0.15, -0.1) is 0 Å². The van der Waals surface area contributed by atoms with Crippen LogP contribution in [0.5, 0.6) is 0 Å². The van der Waals surface area contributed by atoms with Gasteiger partial charge in [-0.05, 0) is 32.4 Å². The number of halogens is 1. The molecule has 1 heterocycles. The van der Waals surface area contributed by atoms with E-state index >= 15 is 0 Å². The van der Waals surface area contributed by atoms with Crippen LogP contribution >= 0.6 is 11.6 Å². The molecule has 0 aliphatic heterocycles. The van der Waals surface area contributed by atoms with Crippen LogP contribution in [-0.4, -0.2) is 30.0 Å². The van der Waals surface area contributed by atoms with E-state index in [2.05, 4.69) is 10.3 Å². The Balaban J connectivity index is 2.88. The first-order chi connectivity index (χ1) is 8.99. The summed E-state index contributed by atoms with van der Waals surface area (Å²) in [6.45, 7) is 7.03. The molecule has 19 heavy (non-hydrogen) atoms. The van der Waals surface area contributed by atoms with Gasteiger partial charge in [0.05, 0.1) is 11.6 Å². The van der Waals surface area contributed by atoms with Crippen molar-refractivity contribution in [3.8, 4) is 0 Å². The van der Waals surface area contributed by atoms with Gasteiger partial charge in [-0.25, -0.2) is 4.98 Å². The van der Waals surface area contributed by atoms with Crippen LogP contribution in [0.1, 0.15) is 26.3 Å². The highest BCUT2D eigenvalue weighted by molar-refractivity contribution is 6.33. The van der Waals surface area contributed by atoms with Crippen LogP contribution in [-0.2, 0) is 11.3 Å². The summed E-state index contributed by atoms with van der Waals surface area (Å²) in [6.07, 6.45) is 1.66. The molecule has 0 aliphatic carbocycles. The summed E-state index contributed by atoms with van der Waals surface area (Å²) in [5, 5.41) is 3.37. The molecule has 0 fully saturated rings. The maximum absolute atomic E-state index is 11.8.